The van der Waals surface area contributed by atoms with Gasteiger partial charge >= 0.3 is 0 Å². The van der Waals surface area contributed by atoms with E-state index in [1.54, 1.807) is 33.7 Å². The van der Waals surface area contributed by atoms with Crippen LogP contribution in [-0.4, -0.2) is 59.5 Å². The molecule has 0 amide bonds. The monoisotopic (exact) mass is 425 g/mol. The van der Waals surface area contributed by atoms with E-state index in [0.717, 1.165) is 43.7 Å². The molecule has 1 aromatic carbocycles. The Kier molecular flexibility index (Phi) is 6.31. The quantitative estimate of drug-likeness (QED) is 0.565. The molecule has 1 fully saturated rings. The van der Waals surface area contributed by atoms with Gasteiger partial charge in [0, 0.05) is 19.3 Å². The first-order chi connectivity index (χ1) is 15.1. The third kappa shape index (κ3) is 4.61. The van der Waals surface area contributed by atoms with Crippen LogP contribution in [0.1, 0.15) is 35.9 Å². The largest absolute Gasteiger partial charge is 0.493 e. The summed E-state index contributed by atoms with van der Waals surface area (Å²) in [7, 11) is 4.86. The average Bonchev–Trinajstić information content (AvgIpc) is 3.29. The fourth-order valence-corrected chi connectivity index (χ4v) is 3.89. The van der Waals surface area contributed by atoms with Crippen molar-refractivity contribution in [2.75, 3.05) is 34.4 Å². The Hall–Kier alpha value is -3.20. The summed E-state index contributed by atoms with van der Waals surface area (Å²) in [5.74, 6) is 3.15. The Labute approximate surface area is 181 Å². The van der Waals surface area contributed by atoms with Gasteiger partial charge in [-0.05, 0) is 44.0 Å². The van der Waals surface area contributed by atoms with E-state index in [-0.39, 0.29) is 5.92 Å². The lowest BCUT2D eigenvalue weighted by Crippen LogP contribution is -2.34. The van der Waals surface area contributed by atoms with Gasteiger partial charge in [-0.25, -0.2) is 4.98 Å². The molecule has 4 rings (SSSR count). The van der Waals surface area contributed by atoms with Crippen molar-refractivity contribution in [3.05, 3.63) is 41.7 Å². The van der Waals surface area contributed by atoms with Crippen LogP contribution in [0.4, 0.5) is 0 Å². The summed E-state index contributed by atoms with van der Waals surface area (Å²) in [6.07, 6.45) is 5.41. The number of rotatable bonds is 7. The summed E-state index contributed by atoms with van der Waals surface area (Å²) in [6.45, 7) is 4.48. The fourth-order valence-electron chi connectivity index (χ4n) is 3.89. The molecule has 1 saturated heterocycles. The molecular formula is C22H27N5O4. The van der Waals surface area contributed by atoms with Crippen molar-refractivity contribution in [1.82, 2.24) is 25.1 Å². The fraction of sp³-hybridized carbons (Fsp3) is 0.455. The van der Waals surface area contributed by atoms with Crippen LogP contribution in [0.15, 0.2) is 28.9 Å². The van der Waals surface area contributed by atoms with Crippen LogP contribution in [0, 0.1) is 6.92 Å². The van der Waals surface area contributed by atoms with E-state index in [1.165, 1.54) is 0 Å². The van der Waals surface area contributed by atoms with Crippen molar-refractivity contribution < 1.29 is 18.6 Å². The van der Waals surface area contributed by atoms with Gasteiger partial charge < -0.3 is 18.6 Å². The maximum absolute atomic E-state index is 5.94. The minimum atomic E-state index is 0.176. The van der Waals surface area contributed by atoms with Crippen molar-refractivity contribution in [1.29, 1.82) is 0 Å². The molecule has 2 aromatic heterocycles. The zero-order valence-corrected chi connectivity index (χ0v) is 18.3. The number of ether oxygens (including phenoxy) is 3. The second kappa shape index (κ2) is 9.30. The van der Waals surface area contributed by atoms with E-state index in [9.17, 15) is 0 Å². The molecule has 1 atom stereocenters. The number of benzene rings is 1. The Balaban J connectivity index is 1.48. The standard InChI is InChI=1S/C22H27N5O4/c1-14-10-24-17(11-23-14)22-26-25-21(31-22)16-6-5-7-27(13-16)12-15-8-18(28-2)20(30-4)19(9-15)29-3/h8-11,16H,5-7,12-13H2,1-4H3/t16-/m0/s1. The summed E-state index contributed by atoms with van der Waals surface area (Å²) >= 11 is 0. The van der Waals surface area contributed by atoms with Crippen molar-refractivity contribution in [2.45, 2.75) is 32.2 Å². The highest BCUT2D eigenvalue weighted by atomic mass is 16.5. The number of hydrogen-bond acceptors (Lipinski definition) is 9. The predicted octanol–water partition coefficient (Wildman–Crippen LogP) is 3.24. The van der Waals surface area contributed by atoms with Crippen molar-refractivity contribution in [3.63, 3.8) is 0 Å². The smallest absolute Gasteiger partial charge is 0.267 e. The van der Waals surface area contributed by atoms with Crippen LogP contribution in [-0.2, 0) is 6.54 Å². The molecule has 0 aliphatic carbocycles. The molecule has 31 heavy (non-hydrogen) atoms. The SMILES string of the molecule is COc1cc(CN2CCC[C@H](c3nnc(-c4cnc(C)cn4)o3)C2)cc(OC)c1OC. The van der Waals surface area contributed by atoms with Gasteiger partial charge in [0.2, 0.25) is 11.6 Å². The van der Waals surface area contributed by atoms with E-state index in [2.05, 4.69) is 25.1 Å². The van der Waals surface area contributed by atoms with Crippen LogP contribution in [0.2, 0.25) is 0 Å². The van der Waals surface area contributed by atoms with Gasteiger partial charge in [0.25, 0.3) is 5.89 Å². The molecule has 0 spiro atoms. The zero-order valence-electron chi connectivity index (χ0n) is 18.3. The molecule has 0 saturated carbocycles. The van der Waals surface area contributed by atoms with Gasteiger partial charge in [0.05, 0.1) is 39.1 Å². The highest BCUT2D eigenvalue weighted by Gasteiger charge is 2.27. The number of likely N-dealkylation sites (tertiary alicyclic amines) is 1. The molecule has 3 heterocycles. The third-order valence-electron chi connectivity index (χ3n) is 5.43. The first-order valence-corrected chi connectivity index (χ1v) is 10.2. The Morgan fingerprint density at radius 3 is 2.45 bits per heavy atom. The first kappa shape index (κ1) is 21.0. The molecule has 9 heteroatoms. The molecule has 0 unspecified atom stereocenters. The Bertz CT molecular complexity index is 996. The van der Waals surface area contributed by atoms with Gasteiger partial charge in [-0.2, -0.15) is 0 Å². The van der Waals surface area contributed by atoms with E-state index < -0.39 is 0 Å². The lowest BCUT2D eigenvalue weighted by Gasteiger charge is -2.31. The number of nitrogens with zero attached hydrogens (tertiary/aromatic N) is 5. The summed E-state index contributed by atoms with van der Waals surface area (Å²) in [4.78, 5) is 10.9. The maximum atomic E-state index is 5.94. The normalized spacial score (nSPS) is 16.8. The number of aryl methyl sites for hydroxylation is 1. The predicted molar refractivity (Wildman–Crippen MR) is 113 cm³/mol. The summed E-state index contributed by atoms with van der Waals surface area (Å²) in [6, 6.07) is 3.98. The van der Waals surface area contributed by atoms with Crippen LogP contribution in [0.5, 0.6) is 17.2 Å². The van der Waals surface area contributed by atoms with Gasteiger partial charge in [0.1, 0.15) is 5.69 Å². The molecule has 9 nitrogen and oxygen atoms in total. The highest BCUT2D eigenvalue weighted by Crippen LogP contribution is 2.39. The topological polar surface area (TPSA) is 95.6 Å². The number of hydrogen-bond donors (Lipinski definition) is 0. The van der Waals surface area contributed by atoms with Gasteiger partial charge in [0.15, 0.2) is 11.5 Å². The van der Waals surface area contributed by atoms with E-state index in [4.69, 9.17) is 18.6 Å². The molecule has 3 aromatic rings. The molecular weight excluding hydrogens is 398 g/mol. The van der Waals surface area contributed by atoms with Gasteiger partial charge in [-0.3, -0.25) is 9.88 Å². The molecule has 0 bridgehead atoms. The Morgan fingerprint density at radius 1 is 1.03 bits per heavy atom. The first-order valence-electron chi connectivity index (χ1n) is 10.2. The zero-order chi connectivity index (χ0) is 21.8. The van der Waals surface area contributed by atoms with Crippen LogP contribution >= 0.6 is 0 Å². The molecule has 164 valence electrons. The summed E-state index contributed by atoms with van der Waals surface area (Å²) < 4.78 is 22.3. The molecule has 1 aliphatic heterocycles. The Morgan fingerprint density at radius 2 is 1.81 bits per heavy atom. The minimum Gasteiger partial charge on any atom is -0.493 e. The van der Waals surface area contributed by atoms with E-state index in [0.29, 0.717) is 34.7 Å². The number of piperidine rings is 1. The van der Waals surface area contributed by atoms with Crippen molar-refractivity contribution >= 4 is 0 Å². The lowest BCUT2D eigenvalue weighted by atomic mass is 9.97. The van der Waals surface area contributed by atoms with Crippen molar-refractivity contribution in [3.8, 4) is 28.8 Å². The van der Waals surface area contributed by atoms with Crippen LogP contribution < -0.4 is 14.2 Å². The second-order valence-corrected chi connectivity index (χ2v) is 7.60. The minimum absolute atomic E-state index is 0.176. The lowest BCUT2D eigenvalue weighted by molar-refractivity contribution is 0.186. The molecule has 0 radical (unpaired) electrons. The number of aromatic nitrogens is 4. The third-order valence-corrected chi connectivity index (χ3v) is 5.43. The highest BCUT2D eigenvalue weighted by molar-refractivity contribution is 5.53. The second-order valence-electron chi connectivity index (χ2n) is 7.60. The maximum Gasteiger partial charge on any atom is 0.267 e. The van der Waals surface area contributed by atoms with Crippen molar-refractivity contribution in [2.24, 2.45) is 0 Å². The summed E-state index contributed by atoms with van der Waals surface area (Å²) in [5, 5.41) is 8.47. The summed E-state index contributed by atoms with van der Waals surface area (Å²) in [5.41, 5.74) is 2.53. The number of methoxy groups -OCH3 is 3. The van der Waals surface area contributed by atoms with Gasteiger partial charge in [-0.1, -0.05) is 0 Å². The van der Waals surface area contributed by atoms with Gasteiger partial charge in [-0.15, -0.1) is 10.2 Å². The van der Waals surface area contributed by atoms with Crippen LogP contribution in [0.3, 0.4) is 0 Å². The molecule has 1 aliphatic rings. The van der Waals surface area contributed by atoms with E-state index in [1.807, 2.05) is 19.1 Å². The molecule has 0 N–H and O–H groups in total. The van der Waals surface area contributed by atoms with E-state index >= 15 is 0 Å². The average molecular weight is 425 g/mol. The van der Waals surface area contributed by atoms with Crippen LogP contribution in [0.25, 0.3) is 11.6 Å².